The Bertz CT molecular complexity index is 316. The zero-order valence-electron chi connectivity index (χ0n) is 13.2. The molecule has 0 fully saturated rings. The van der Waals surface area contributed by atoms with Gasteiger partial charge in [0.15, 0.2) is 0 Å². The summed E-state index contributed by atoms with van der Waals surface area (Å²) in [6, 6.07) is 4.97. The number of thiophene rings is 1. The molecule has 4 heteroatoms. The van der Waals surface area contributed by atoms with Crippen LogP contribution in [-0.4, -0.2) is 50.8 Å². The molecule has 0 aliphatic rings. The maximum Gasteiger partial charge on any atom is 0.0466 e. The van der Waals surface area contributed by atoms with E-state index in [4.69, 9.17) is 4.74 Å². The second kappa shape index (κ2) is 11.3. The first-order chi connectivity index (χ1) is 9.74. The van der Waals surface area contributed by atoms with Crippen LogP contribution in [0.3, 0.4) is 0 Å². The van der Waals surface area contributed by atoms with Gasteiger partial charge in [0.25, 0.3) is 0 Å². The van der Waals surface area contributed by atoms with Crippen LogP contribution in [0.15, 0.2) is 17.5 Å². The van der Waals surface area contributed by atoms with Gasteiger partial charge in [-0.3, -0.25) is 0 Å². The van der Waals surface area contributed by atoms with Crippen LogP contribution in [0.4, 0.5) is 0 Å². The number of likely N-dealkylation sites (N-methyl/N-ethyl adjacent to an activating group) is 1. The Hall–Kier alpha value is -0.420. The molecule has 0 saturated carbocycles. The van der Waals surface area contributed by atoms with Crippen molar-refractivity contribution in [3.63, 3.8) is 0 Å². The van der Waals surface area contributed by atoms with E-state index in [1.54, 1.807) is 0 Å². The van der Waals surface area contributed by atoms with Gasteiger partial charge in [0.1, 0.15) is 0 Å². The highest BCUT2D eigenvalue weighted by Crippen LogP contribution is 2.13. The molecule has 1 atom stereocenters. The third-order valence-corrected chi connectivity index (χ3v) is 4.47. The second-order valence-corrected chi connectivity index (χ2v) is 6.30. The van der Waals surface area contributed by atoms with Crippen LogP contribution in [0.5, 0.6) is 0 Å². The first-order valence-electron chi connectivity index (χ1n) is 7.75. The quantitative estimate of drug-likeness (QED) is 0.600. The lowest BCUT2D eigenvalue weighted by molar-refractivity contribution is 0.143. The third kappa shape index (κ3) is 8.00. The van der Waals surface area contributed by atoms with Crippen molar-refractivity contribution < 1.29 is 4.74 Å². The Morgan fingerprint density at radius 2 is 2.20 bits per heavy atom. The highest BCUT2D eigenvalue weighted by molar-refractivity contribution is 7.09. The molecule has 0 radical (unpaired) electrons. The standard InChI is InChI=1S/C16H30N2OS/c1-4-19-12-6-5-9-17-10-11-18(3)15(2)14-16-8-7-13-20-16/h7-8,13,15,17H,4-6,9-12,14H2,1-3H3. The summed E-state index contributed by atoms with van der Waals surface area (Å²) in [6.07, 6.45) is 3.52. The lowest BCUT2D eigenvalue weighted by atomic mass is 10.2. The van der Waals surface area contributed by atoms with E-state index in [1.165, 1.54) is 11.3 Å². The van der Waals surface area contributed by atoms with Crippen molar-refractivity contribution in [3.8, 4) is 0 Å². The Balaban J connectivity index is 1.98. The summed E-state index contributed by atoms with van der Waals surface area (Å²) in [5.74, 6) is 0. The highest BCUT2D eigenvalue weighted by Gasteiger charge is 2.09. The molecule has 1 rings (SSSR count). The number of hydrogen-bond acceptors (Lipinski definition) is 4. The van der Waals surface area contributed by atoms with Crippen LogP contribution in [0.2, 0.25) is 0 Å². The van der Waals surface area contributed by atoms with E-state index in [9.17, 15) is 0 Å². The predicted octanol–water partition coefficient (Wildman–Crippen LogP) is 3.02. The van der Waals surface area contributed by atoms with Gasteiger partial charge in [-0.05, 0) is 58.1 Å². The molecule has 0 aliphatic carbocycles. The number of unbranched alkanes of at least 4 members (excludes halogenated alkanes) is 1. The Morgan fingerprint density at radius 1 is 1.35 bits per heavy atom. The maximum absolute atomic E-state index is 5.32. The molecule has 1 heterocycles. The van der Waals surface area contributed by atoms with E-state index in [0.717, 1.165) is 45.7 Å². The summed E-state index contributed by atoms with van der Waals surface area (Å²) >= 11 is 1.86. The van der Waals surface area contributed by atoms with Crippen LogP contribution >= 0.6 is 11.3 Å². The van der Waals surface area contributed by atoms with Crippen LogP contribution in [-0.2, 0) is 11.2 Å². The minimum absolute atomic E-state index is 0.605. The van der Waals surface area contributed by atoms with E-state index < -0.39 is 0 Å². The van der Waals surface area contributed by atoms with Crippen LogP contribution in [0.1, 0.15) is 31.6 Å². The van der Waals surface area contributed by atoms with E-state index in [-0.39, 0.29) is 0 Å². The number of ether oxygens (including phenoxy) is 1. The number of nitrogens with one attached hydrogen (secondary N) is 1. The summed E-state index contributed by atoms with van der Waals surface area (Å²) in [7, 11) is 2.22. The number of nitrogens with zero attached hydrogens (tertiary/aromatic N) is 1. The lowest BCUT2D eigenvalue weighted by Gasteiger charge is -2.24. The molecule has 1 aromatic heterocycles. The van der Waals surface area contributed by atoms with Crippen molar-refractivity contribution in [1.29, 1.82) is 0 Å². The molecule has 116 valence electrons. The molecular weight excluding hydrogens is 268 g/mol. The van der Waals surface area contributed by atoms with Gasteiger partial charge in [-0.25, -0.2) is 0 Å². The number of rotatable bonds is 12. The molecule has 0 saturated heterocycles. The van der Waals surface area contributed by atoms with E-state index in [1.807, 2.05) is 18.3 Å². The smallest absolute Gasteiger partial charge is 0.0466 e. The van der Waals surface area contributed by atoms with Crippen molar-refractivity contribution in [2.45, 2.75) is 39.2 Å². The normalized spacial score (nSPS) is 13.0. The molecule has 0 bridgehead atoms. The van der Waals surface area contributed by atoms with E-state index in [2.05, 4.69) is 41.7 Å². The zero-order chi connectivity index (χ0) is 14.6. The van der Waals surface area contributed by atoms with Crippen molar-refractivity contribution >= 4 is 11.3 Å². The molecule has 1 aromatic rings. The average molecular weight is 298 g/mol. The van der Waals surface area contributed by atoms with Crippen molar-refractivity contribution in [1.82, 2.24) is 10.2 Å². The summed E-state index contributed by atoms with van der Waals surface area (Å²) in [5.41, 5.74) is 0. The molecule has 3 nitrogen and oxygen atoms in total. The van der Waals surface area contributed by atoms with E-state index in [0.29, 0.717) is 6.04 Å². The highest BCUT2D eigenvalue weighted by atomic mass is 32.1. The zero-order valence-corrected chi connectivity index (χ0v) is 14.0. The van der Waals surface area contributed by atoms with Gasteiger partial charge in [-0.15, -0.1) is 11.3 Å². The molecule has 1 unspecified atom stereocenters. The first kappa shape index (κ1) is 17.6. The molecule has 0 amide bonds. The summed E-state index contributed by atoms with van der Waals surface area (Å²) in [6.45, 7) is 9.36. The molecule has 0 aliphatic heterocycles. The summed E-state index contributed by atoms with van der Waals surface area (Å²) in [5, 5.41) is 5.67. The minimum Gasteiger partial charge on any atom is -0.382 e. The minimum atomic E-state index is 0.605. The van der Waals surface area contributed by atoms with Crippen molar-refractivity contribution in [2.75, 3.05) is 39.9 Å². The number of hydrogen-bond donors (Lipinski definition) is 1. The molecule has 0 spiro atoms. The molecule has 1 N–H and O–H groups in total. The van der Waals surface area contributed by atoms with Gasteiger partial charge in [-0.1, -0.05) is 6.07 Å². The fourth-order valence-corrected chi connectivity index (χ4v) is 2.90. The largest absolute Gasteiger partial charge is 0.382 e. The van der Waals surface area contributed by atoms with Gasteiger partial charge in [-0.2, -0.15) is 0 Å². The van der Waals surface area contributed by atoms with Crippen LogP contribution < -0.4 is 5.32 Å². The Morgan fingerprint density at radius 3 is 2.90 bits per heavy atom. The monoisotopic (exact) mass is 298 g/mol. The SMILES string of the molecule is CCOCCCCNCCN(C)C(C)Cc1cccs1. The predicted molar refractivity (Wildman–Crippen MR) is 88.7 cm³/mol. The lowest BCUT2D eigenvalue weighted by Crippen LogP contribution is -2.36. The van der Waals surface area contributed by atoms with Crippen LogP contribution in [0, 0.1) is 0 Å². The molecule has 20 heavy (non-hydrogen) atoms. The van der Waals surface area contributed by atoms with Gasteiger partial charge in [0.2, 0.25) is 0 Å². The van der Waals surface area contributed by atoms with Crippen molar-refractivity contribution in [3.05, 3.63) is 22.4 Å². The third-order valence-electron chi connectivity index (χ3n) is 3.57. The summed E-state index contributed by atoms with van der Waals surface area (Å²) < 4.78 is 5.32. The van der Waals surface area contributed by atoms with E-state index >= 15 is 0 Å². The molecule has 0 aromatic carbocycles. The maximum atomic E-state index is 5.32. The molecular formula is C16H30N2OS. The van der Waals surface area contributed by atoms with Gasteiger partial charge in [0.05, 0.1) is 0 Å². The van der Waals surface area contributed by atoms with Gasteiger partial charge >= 0.3 is 0 Å². The Labute approximate surface area is 128 Å². The van der Waals surface area contributed by atoms with Crippen molar-refractivity contribution in [2.24, 2.45) is 0 Å². The summed E-state index contributed by atoms with van der Waals surface area (Å²) in [4.78, 5) is 3.92. The Kier molecular flexibility index (Phi) is 9.93. The average Bonchev–Trinajstić information content (AvgIpc) is 2.94. The fourth-order valence-electron chi connectivity index (χ4n) is 2.07. The van der Waals surface area contributed by atoms with Gasteiger partial charge in [0, 0.05) is 37.2 Å². The topological polar surface area (TPSA) is 24.5 Å². The van der Waals surface area contributed by atoms with Gasteiger partial charge < -0.3 is 15.0 Å². The second-order valence-electron chi connectivity index (χ2n) is 5.27. The van der Waals surface area contributed by atoms with Crippen LogP contribution in [0.25, 0.3) is 0 Å². The fraction of sp³-hybridized carbons (Fsp3) is 0.750. The first-order valence-corrected chi connectivity index (χ1v) is 8.63.